The summed E-state index contributed by atoms with van der Waals surface area (Å²) < 4.78 is 7.74. The second kappa shape index (κ2) is 9.95. The van der Waals surface area contributed by atoms with Crippen LogP contribution in [0, 0.1) is 11.3 Å². The van der Waals surface area contributed by atoms with Gasteiger partial charge in [0.1, 0.15) is 18.5 Å². The smallest absolute Gasteiger partial charge is 0.229 e. The Hall–Kier alpha value is -3.44. The Bertz CT molecular complexity index is 1550. The quantitative estimate of drug-likeness (QED) is 0.238. The molecule has 2 aromatic carbocycles. The number of carbonyl (C=O) groups excluding carboxylic acids is 1. The molecule has 0 bridgehead atoms. The maximum absolute atomic E-state index is 12.5. The lowest BCUT2D eigenvalue weighted by Gasteiger charge is -2.23. The highest BCUT2D eigenvalue weighted by Crippen LogP contribution is 2.67. The van der Waals surface area contributed by atoms with E-state index in [0.717, 1.165) is 11.1 Å². The van der Waals surface area contributed by atoms with Crippen molar-refractivity contribution in [1.29, 1.82) is 0 Å². The van der Waals surface area contributed by atoms with Crippen LogP contribution in [0.5, 0.6) is 5.75 Å². The molecule has 0 saturated heterocycles. The predicted molar refractivity (Wildman–Crippen MR) is 146 cm³/mol. The Morgan fingerprint density at radius 3 is 2.74 bits per heavy atom. The van der Waals surface area contributed by atoms with Gasteiger partial charge in [-0.15, -0.1) is 0 Å². The minimum Gasteiger partial charge on any atom is -0.489 e. The van der Waals surface area contributed by atoms with E-state index in [9.17, 15) is 15.0 Å². The van der Waals surface area contributed by atoms with Crippen molar-refractivity contribution in [3.63, 3.8) is 0 Å². The van der Waals surface area contributed by atoms with Crippen LogP contribution in [0.1, 0.15) is 23.6 Å². The van der Waals surface area contributed by atoms with Crippen LogP contribution in [0.2, 0.25) is 10.3 Å². The summed E-state index contributed by atoms with van der Waals surface area (Å²) >= 11 is 12.6. The molecular formula is C27H26Cl2N6O4. The molecule has 2 aliphatic carbocycles. The summed E-state index contributed by atoms with van der Waals surface area (Å²) in [5, 5.41) is 28.1. The van der Waals surface area contributed by atoms with Crippen LogP contribution in [-0.4, -0.2) is 54.9 Å². The highest BCUT2D eigenvalue weighted by molar-refractivity contribution is 6.30. The summed E-state index contributed by atoms with van der Waals surface area (Å²) in [5.41, 5.74) is 1.66. The number of nitrogens with one attached hydrogen (secondary N) is 2. The van der Waals surface area contributed by atoms with Crippen LogP contribution >= 0.6 is 23.2 Å². The van der Waals surface area contributed by atoms with Crippen LogP contribution in [0.15, 0.2) is 54.9 Å². The number of hydrogen-bond acceptors (Lipinski definition) is 8. The zero-order chi connectivity index (χ0) is 27.3. The van der Waals surface area contributed by atoms with E-state index in [0.29, 0.717) is 47.3 Å². The molecule has 12 heteroatoms. The first-order chi connectivity index (χ1) is 18.8. The van der Waals surface area contributed by atoms with Crippen molar-refractivity contribution in [2.75, 3.05) is 12.4 Å². The number of carbonyl (C=O) groups is 1. The average molecular weight is 569 g/mol. The van der Waals surface area contributed by atoms with Gasteiger partial charge in [-0.3, -0.25) is 4.79 Å². The minimum atomic E-state index is -1.20. The normalized spacial score (nSPS) is 25.4. The molecule has 0 radical (unpaired) electrons. The molecule has 2 aromatic heterocycles. The maximum atomic E-state index is 12.5. The van der Waals surface area contributed by atoms with Gasteiger partial charge in [-0.2, -0.15) is 9.97 Å². The molecule has 4 aromatic rings. The van der Waals surface area contributed by atoms with Crippen molar-refractivity contribution in [1.82, 2.24) is 24.8 Å². The first-order valence-corrected chi connectivity index (χ1v) is 13.3. The third-order valence-electron chi connectivity index (χ3n) is 7.74. The molecular weight excluding hydrogens is 543 g/mol. The molecule has 6 rings (SSSR count). The lowest BCUT2D eigenvalue weighted by Crippen LogP contribution is -2.41. The maximum Gasteiger partial charge on any atom is 0.229 e. The fourth-order valence-corrected chi connectivity index (χ4v) is 6.12. The van der Waals surface area contributed by atoms with E-state index < -0.39 is 23.7 Å². The van der Waals surface area contributed by atoms with Crippen LogP contribution < -0.4 is 15.4 Å². The Morgan fingerprint density at radius 1 is 1.18 bits per heavy atom. The van der Waals surface area contributed by atoms with Crippen LogP contribution in [0.25, 0.3) is 11.2 Å². The SMILES string of the molecule is CNC(=O)[C@]12C[C@H]1[C@@H](n1cnc3c(NCc4cc(Cl)ccc4OCc4ccccc4)nc(Cl)nc31)[C@H](O)[C@@H]2O. The minimum absolute atomic E-state index is 0.0141. The number of fused-ring (bicyclic) bond motifs is 2. The Morgan fingerprint density at radius 2 is 1.97 bits per heavy atom. The molecule has 2 aliphatic rings. The lowest BCUT2D eigenvalue weighted by molar-refractivity contribution is -0.132. The fraction of sp³-hybridized carbons (Fsp3) is 0.333. The number of amides is 1. The molecule has 202 valence electrons. The summed E-state index contributed by atoms with van der Waals surface area (Å²) in [4.78, 5) is 25.7. The second-order valence-electron chi connectivity index (χ2n) is 9.90. The number of benzene rings is 2. The van der Waals surface area contributed by atoms with E-state index in [2.05, 4.69) is 25.6 Å². The summed E-state index contributed by atoms with van der Waals surface area (Å²) in [6.07, 6.45) is -0.371. The van der Waals surface area contributed by atoms with Crippen molar-refractivity contribution in [2.45, 2.75) is 37.8 Å². The van der Waals surface area contributed by atoms with Crippen molar-refractivity contribution in [3.05, 3.63) is 76.3 Å². The topological polar surface area (TPSA) is 134 Å². The van der Waals surface area contributed by atoms with Gasteiger partial charge in [0.25, 0.3) is 0 Å². The Kier molecular flexibility index (Phi) is 6.58. The molecule has 0 spiro atoms. The van der Waals surface area contributed by atoms with Gasteiger partial charge in [-0.1, -0.05) is 41.9 Å². The zero-order valence-corrected chi connectivity index (χ0v) is 22.4. The van der Waals surface area contributed by atoms with Crippen molar-refractivity contribution < 1.29 is 19.7 Å². The van der Waals surface area contributed by atoms with Gasteiger partial charge in [-0.25, -0.2) is 4.98 Å². The summed E-state index contributed by atoms with van der Waals surface area (Å²) in [5.74, 6) is 0.507. The second-order valence-corrected chi connectivity index (χ2v) is 10.7. The molecule has 4 N–H and O–H groups in total. The van der Waals surface area contributed by atoms with Crippen LogP contribution in [0.3, 0.4) is 0 Å². The van der Waals surface area contributed by atoms with E-state index in [-0.39, 0.29) is 17.1 Å². The standard InChI is InChI=1S/C27H26Cl2N6O4/c1-30-25(38)27-10-17(27)20(21(36)22(27)37)35-13-32-19-23(33-26(29)34-24(19)35)31-11-15-9-16(28)7-8-18(15)39-12-14-5-3-2-4-6-14/h2-9,13,17,20-22,36-37H,10-12H2,1H3,(H,30,38)(H,31,33,34)/t17-,20+,21-,22-,27+/m0/s1. The Balaban J connectivity index is 1.26. The summed E-state index contributed by atoms with van der Waals surface area (Å²) in [7, 11) is 1.52. The van der Waals surface area contributed by atoms with Crippen LogP contribution in [-0.2, 0) is 17.9 Å². The van der Waals surface area contributed by atoms with Gasteiger partial charge >= 0.3 is 0 Å². The monoisotopic (exact) mass is 568 g/mol. The molecule has 2 fully saturated rings. The number of ether oxygens (including phenoxy) is 1. The van der Waals surface area contributed by atoms with Gasteiger partial charge in [0.15, 0.2) is 17.0 Å². The number of anilines is 1. The van der Waals surface area contributed by atoms with E-state index in [1.165, 1.54) is 13.4 Å². The number of aromatic nitrogens is 4. The molecule has 5 atom stereocenters. The van der Waals surface area contributed by atoms with Crippen molar-refractivity contribution in [2.24, 2.45) is 11.3 Å². The van der Waals surface area contributed by atoms with Gasteiger partial charge in [0, 0.05) is 30.1 Å². The molecule has 10 nitrogen and oxygen atoms in total. The average Bonchev–Trinajstić information content (AvgIpc) is 3.48. The van der Waals surface area contributed by atoms with Gasteiger partial charge in [-0.05, 0) is 41.8 Å². The van der Waals surface area contributed by atoms with E-state index in [4.69, 9.17) is 27.9 Å². The predicted octanol–water partition coefficient (Wildman–Crippen LogP) is 3.35. The Labute approximate surface area is 234 Å². The number of rotatable bonds is 8. The molecule has 2 heterocycles. The zero-order valence-electron chi connectivity index (χ0n) is 20.9. The largest absolute Gasteiger partial charge is 0.489 e. The van der Waals surface area contributed by atoms with Crippen molar-refractivity contribution >= 4 is 46.1 Å². The number of aliphatic hydroxyl groups is 2. The van der Waals surface area contributed by atoms with Gasteiger partial charge in [0.05, 0.1) is 23.9 Å². The summed E-state index contributed by atoms with van der Waals surface area (Å²) in [6, 6.07) is 14.7. The van der Waals surface area contributed by atoms with E-state index >= 15 is 0 Å². The van der Waals surface area contributed by atoms with E-state index in [1.54, 1.807) is 10.6 Å². The van der Waals surface area contributed by atoms with E-state index in [1.807, 2.05) is 42.5 Å². The molecule has 0 unspecified atom stereocenters. The first kappa shape index (κ1) is 25.8. The highest BCUT2D eigenvalue weighted by atomic mass is 35.5. The third-order valence-corrected chi connectivity index (χ3v) is 8.15. The number of hydrogen-bond donors (Lipinski definition) is 4. The number of aliphatic hydroxyl groups excluding tert-OH is 2. The summed E-state index contributed by atoms with van der Waals surface area (Å²) in [6.45, 7) is 0.713. The fourth-order valence-electron chi connectivity index (χ4n) is 5.76. The first-order valence-electron chi connectivity index (χ1n) is 12.5. The van der Waals surface area contributed by atoms with Crippen molar-refractivity contribution in [3.8, 4) is 5.75 Å². The molecule has 1 amide bonds. The van der Waals surface area contributed by atoms with Crippen LogP contribution in [0.4, 0.5) is 5.82 Å². The third kappa shape index (κ3) is 4.37. The highest BCUT2D eigenvalue weighted by Gasteiger charge is 2.75. The molecule has 39 heavy (non-hydrogen) atoms. The lowest BCUT2D eigenvalue weighted by atomic mass is 9.98. The van der Waals surface area contributed by atoms with Gasteiger partial charge in [0.2, 0.25) is 11.2 Å². The molecule has 2 saturated carbocycles. The van der Waals surface area contributed by atoms with Gasteiger partial charge < -0.3 is 30.2 Å². The number of nitrogens with zero attached hydrogens (tertiary/aromatic N) is 4. The molecule has 0 aliphatic heterocycles. The number of imidazole rings is 1. The number of halogens is 2.